The normalized spacial score (nSPS) is 12.7. The molecular weight excluding hydrogens is 322 g/mol. The lowest BCUT2D eigenvalue weighted by Gasteiger charge is -2.22. The Hall–Kier alpha value is -1.36. The van der Waals surface area contributed by atoms with Crippen LogP contribution in [0.3, 0.4) is 0 Å². The zero-order valence-corrected chi connectivity index (χ0v) is 14.0. The molecule has 0 unspecified atom stereocenters. The summed E-state index contributed by atoms with van der Waals surface area (Å²) in [7, 11) is 0. The van der Waals surface area contributed by atoms with E-state index in [2.05, 4.69) is 21.2 Å². The Morgan fingerprint density at radius 1 is 1.25 bits per heavy atom. The number of hydrogen-bond acceptors (Lipinski definition) is 3. The molecule has 0 radical (unpaired) electrons. The van der Waals surface area contributed by atoms with E-state index in [4.69, 9.17) is 4.74 Å². The van der Waals surface area contributed by atoms with E-state index in [1.807, 2.05) is 13.0 Å². The third kappa shape index (κ3) is 5.33. The maximum absolute atomic E-state index is 12.1. The SMILES string of the molecule is Cc1cc(Br)cc(C(=O)N[C@@H](C)C(=O)OC(C)(C)C)c1. The van der Waals surface area contributed by atoms with E-state index >= 15 is 0 Å². The third-order valence-electron chi connectivity index (χ3n) is 2.41. The minimum Gasteiger partial charge on any atom is -0.458 e. The highest BCUT2D eigenvalue weighted by atomic mass is 79.9. The highest BCUT2D eigenvalue weighted by Gasteiger charge is 2.23. The first-order valence-corrected chi connectivity index (χ1v) is 7.19. The summed E-state index contributed by atoms with van der Waals surface area (Å²) in [6, 6.07) is 4.70. The molecule has 0 saturated carbocycles. The summed E-state index contributed by atoms with van der Waals surface area (Å²) in [4.78, 5) is 23.9. The van der Waals surface area contributed by atoms with Gasteiger partial charge < -0.3 is 10.1 Å². The minimum absolute atomic E-state index is 0.298. The van der Waals surface area contributed by atoms with E-state index in [1.54, 1.807) is 39.8 Å². The molecule has 0 aliphatic rings. The minimum atomic E-state index is -0.694. The van der Waals surface area contributed by atoms with Crippen molar-refractivity contribution in [2.24, 2.45) is 0 Å². The lowest BCUT2D eigenvalue weighted by Crippen LogP contribution is -2.42. The van der Waals surface area contributed by atoms with Crippen LogP contribution in [-0.4, -0.2) is 23.5 Å². The molecule has 20 heavy (non-hydrogen) atoms. The fourth-order valence-corrected chi connectivity index (χ4v) is 2.20. The molecule has 1 aromatic rings. The van der Waals surface area contributed by atoms with Crippen LogP contribution in [0, 0.1) is 6.92 Å². The number of carbonyl (C=O) groups excluding carboxylic acids is 2. The molecule has 0 aliphatic carbocycles. The van der Waals surface area contributed by atoms with Crippen LogP contribution < -0.4 is 5.32 Å². The number of carbonyl (C=O) groups is 2. The van der Waals surface area contributed by atoms with Crippen molar-refractivity contribution in [3.63, 3.8) is 0 Å². The molecule has 1 atom stereocenters. The number of rotatable bonds is 3. The second-order valence-corrected chi connectivity index (χ2v) is 6.66. The molecule has 0 bridgehead atoms. The summed E-state index contributed by atoms with van der Waals surface area (Å²) in [5, 5.41) is 2.64. The Balaban J connectivity index is 2.72. The van der Waals surface area contributed by atoms with Crippen molar-refractivity contribution in [1.82, 2.24) is 5.32 Å². The average Bonchev–Trinajstić information content (AvgIpc) is 2.25. The summed E-state index contributed by atoms with van der Waals surface area (Å²) in [5.41, 5.74) is 0.907. The van der Waals surface area contributed by atoms with Crippen molar-refractivity contribution in [2.75, 3.05) is 0 Å². The van der Waals surface area contributed by atoms with E-state index in [0.717, 1.165) is 10.0 Å². The first-order valence-electron chi connectivity index (χ1n) is 6.39. The number of benzene rings is 1. The monoisotopic (exact) mass is 341 g/mol. The summed E-state index contributed by atoms with van der Waals surface area (Å²) < 4.78 is 6.05. The number of esters is 1. The molecule has 5 heteroatoms. The predicted octanol–water partition coefficient (Wildman–Crippen LogP) is 3.22. The van der Waals surface area contributed by atoms with Crippen LogP contribution in [0.5, 0.6) is 0 Å². The van der Waals surface area contributed by atoms with E-state index < -0.39 is 17.6 Å². The van der Waals surface area contributed by atoms with Crippen molar-refractivity contribution in [3.8, 4) is 0 Å². The maximum Gasteiger partial charge on any atom is 0.328 e. The van der Waals surface area contributed by atoms with Gasteiger partial charge in [-0.3, -0.25) is 4.79 Å². The van der Waals surface area contributed by atoms with E-state index in [0.29, 0.717) is 5.56 Å². The number of aryl methyl sites for hydroxylation is 1. The topological polar surface area (TPSA) is 55.4 Å². The van der Waals surface area contributed by atoms with Crippen molar-refractivity contribution in [1.29, 1.82) is 0 Å². The van der Waals surface area contributed by atoms with Crippen molar-refractivity contribution in [2.45, 2.75) is 46.3 Å². The second kappa shape index (κ2) is 6.39. The molecule has 1 amide bonds. The Kier molecular flexibility index (Phi) is 5.34. The van der Waals surface area contributed by atoms with Crippen LogP contribution in [0.4, 0.5) is 0 Å². The molecule has 0 aromatic heterocycles. The van der Waals surface area contributed by atoms with Gasteiger partial charge in [-0.1, -0.05) is 15.9 Å². The molecule has 1 N–H and O–H groups in total. The van der Waals surface area contributed by atoms with E-state index in [1.165, 1.54) is 0 Å². The van der Waals surface area contributed by atoms with Gasteiger partial charge in [0, 0.05) is 10.0 Å². The standard InChI is InChI=1S/C15H20BrNO3/c1-9-6-11(8-12(16)7-9)13(18)17-10(2)14(19)20-15(3,4)5/h6-8,10H,1-5H3,(H,17,18)/t10-/m0/s1. The number of ether oxygens (including phenoxy) is 1. The molecule has 0 heterocycles. The number of hydrogen-bond donors (Lipinski definition) is 1. The summed E-state index contributed by atoms with van der Waals surface area (Å²) in [6.07, 6.45) is 0. The summed E-state index contributed by atoms with van der Waals surface area (Å²) in [6.45, 7) is 8.88. The lowest BCUT2D eigenvalue weighted by molar-refractivity contribution is -0.156. The van der Waals surface area contributed by atoms with Gasteiger partial charge in [-0.2, -0.15) is 0 Å². The van der Waals surface area contributed by atoms with Gasteiger partial charge in [-0.15, -0.1) is 0 Å². The molecule has 4 nitrogen and oxygen atoms in total. The second-order valence-electron chi connectivity index (χ2n) is 5.75. The number of halogens is 1. The predicted molar refractivity (Wildman–Crippen MR) is 81.7 cm³/mol. The fourth-order valence-electron chi connectivity index (χ4n) is 1.60. The zero-order chi connectivity index (χ0) is 15.5. The van der Waals surface area contributed by atoms with Crippen molar-refractivity contribution >= 4 is 27.8 Å². The van der Waals surface area contributed by atoms with Gasteiger partial charge in [-0.25, -0.2) is 4.79 Å². The Labute approximate surface area is 128 Å². The largest absolute Gasteiger partial charge is 0.458 e. The molecule has 110 valence electrons. The van der Waals surface area contributed by atoms with E-state index in [-0.39, 0.29) is 5.91 Å². The average molecular weight is 342 g/mol. The van der Waals surface area contributed by atoms with Gasteiger partial charge in [0.1, 0.15) is 11.6 Å². The molecule has 0 aliphatic heterocycles. The number of nitrogens with one attached hydrogen (secondary N) is 1. The van der Waals surface area contributed by atoms with Gasteiger partial charge in [0.15, 0.2) is 0 Å². The fraction of sp³-hybridized carbons (Fsp3) is 0.467. The number of amides is 1. The molecule has 1 rings (SSSR count). The first-order chi connectivity index (χ1) is 9.08. The Bertz CT molecular complexity index is 500. The third-order valence-corrected chi connectivity index (χ3v) is 2.87. The molecule has 0 fully saturated rings. The summed E-state index contributed by atoms with van der Waals surface area (Å²) >= 11 is 3.34. The highest BCUT2D eigenvalue weighted by Crippen LogP contribution is 2.15. The highest BCUT2D eigenvalue weighted by molar-refractivity contribution is 9.10. The quantitative estimate of drug-likeness (QED) is 0.858. The van der Waals surface area contributed by atoms with Crippen LogP contribution in [0.1, 0.15) is 43.6 Å². The van der Waals surface area contributed by atoms with Crippen molar-refractivity contribution in [3.05, 3.63) is 33.8 Å². The van der Waals surface area contributed by atoms with E-state index in [9.17, 15) is 9.59 Å². The van der Waals surface area contributed by atoms with Gasteiger partial charge in [0.05, 0.1) is 0 Å². The maximum atomic E-state index is 12.1. The molecule has 0 spiro atoms. The van der Waals surface area contributed by atoms with Crippen LogP contribution >= 0.6 is 15.9 Å². The van der Waals surface area contributed by atoms with Gasteiger partial charge in [-0.05, 0) is 58.4 Å². The molecule has 1 aromatic carbocycles. The Morgan fingerprint density at radius 3 is 2.35 bits per heavy atom. The van der Waals surface area contributed by atoms with Crippen LogP contribution in [0.2, 0.25) is 0 Å². The van der Waals surface area contributed by atoms with Gasteiger partial charge >= 0.3 is 5.97 Å². The van der Waals surface area contributed by atoms with Gasteiger partial charge in [0.25, 0.3) is 5.91 Å². The first kappa shape index (κ1) is 16.7. The van der Waals surface area contributed by atoms with Crippen LogP contribution in [-0.2, 0) is 9.53 Å². The van der Waals surface area contributed by atoms with Crippen molar-refractivity contribution < 1.29 is 14.3 Å². The Morgan fingerprint density at radius 2 is 1.85 bits per heavy atom. The van der Waals surface area contributed by atoms with Crippen LogP contribution in [0.25, 0.3) is 0 Å². The smallest absolute Gasteiger partial charge is 0.328 e. The lowest BCUT2D eigenvalue weighted by atomic mass is 10.1. The van der Waals surface area contributed by atoms with Gasteiger partial charge in [0.2, 0.25) is 0 Å². The summed E-state index contributed by atoms with van der Waals surface area (Å²) in [5.74, 6) is -0.745. The molecule has 0 saturated heterocycles. The zero-order valence-electron chi connectivity index (χ0n) is 12.4. The molecular formula is C15H20BrNO3. The van der Waals surface area contributed by atoms with Crippen LogP contribution in [0.15, 0.2) is 22.7 Å².